The SMILES string of the molecule is CCC1(CC2(CC)COC(c3ccccc3)OC2)COC(c2ccccc2)OC1. The van der Waals surface area contributed by atoms with Crippen molar-refractivity contribution in [3.05, 3.63) is 71.8 Å². The van der Waals surface area contributed by atoms with Gasteiger partial charge in [-0.15, -0.1) is 0 Å². The molecule has 0 bridgehead atoms. The molecule has 4 heteroatoms. The Balaban J connectivity index is 1.40. The van der Waals surface area contributed by atoms with Crippen LogP contribution in [-0.2, 0) is 18.9 Å². The fraction of sp³-hybridized carbons (Fsp3) is 0.520. The van der Waals surface area contributed by atoms with Crippen molar-refractivity contribution in [2.75, 3.05) is 26.4 Å². The molecule has 0 radical (unpaired) electrons. The van der Waals surface area contributed by atoms with Crippen molar-refractivity contribution in [2.24, 2.45) is 10.8 Å². The molecule has 29 heavy (non-hydrogen) atoms. The number of benzene rings is 2. The Morgan fingerprint density at radius 3 is 1.28 bits per heavy atom. The van der Waals surface area contributed by atoms with Crippen LogP contribution in [-0.4, -0.2) is 26.4 Å². The van der Waals surface area contributed by atoms with E-state index in [0.29, 0.717) is 26.4 Å². The minimum Gasteiger partial charge on any atom is -0.348 e. The van der Waals surface area contributed by atoms with Crippen LogP contribution in [0.1, 0.15) is 56.8 Å². The zero-order chi connectivity index (χ0) is 20.2. The van der Waals surface area contributed by atoms with Crippen molar-refractivity contribution in [3.8, 4) is 0 Å². The summed E-state index contributed by atoms with van der Waals surface area (Å²) in [5.41, 5.74) is 2.15. The molecule has 2 fully saturated rings. The van der Waals surface area contributed by atoms with Crippen molar-refractivity contribution >= 4 is 0 Å². The molecule has 0 unspecified atom stereocenters. The quantitative estimate of drug-likeness (QED) is 0.631. The fourth-order valence-corrected chi connectivity index (χ4v) is 4.45. The summed E-state index contributed by atoms with van der Waals surface area (Å²) < 4.78 is 24.8. The summed E-state index contributed by atoms with van der Waals surface area (Å²) in [6, 6.07) is 20.4. The Morgan fingerprint density at radius 1 is 0.621 bits per heavy atom. The summed E-state index contributed by atoms with van der Waals surface area (Å²) in [4.78, 5) is 0. The van der Waals surface area contributed by atoms with Crippen LogP contribution in [0.25, 0.3) is 0 Å². The number of hydrogen-bond acceptors (Lipinski definition) is 4. The van der Waals surface area contributed by atoms with E-state index in [1.165, 1.54) is 0 Å². The fourth-order valence-electron chi connectivity index (χ4n) is 4.45. The van der Waals surface area contributed by atoms with Gasteiger partial charge in [-0.05, 0) is 19.3 Å². The second-order valence-corrected chi connectivity index (χ2v) is 8.61. The second kappa shape index (κ2) is 8.97. The van der Waals surface area contributed by atoms with E-state index in [4.69, 9.17) is 18.9 Å². The van der Waals surface area contributed by atoms with Gasteiger partial charge in [-0.1, -0.05) is 74.5 Å². The third kappa shape index (κ3) is 4.56. The van der Waals surface area contributed by atoms with Crippen molar-refractivity contribution in [1.82, 2.24) is 0 Å². The minimum atomic E-state index is -0.269. The first-order valence-electron chi connectivity index (χ1n) is 10.7. The molecule has 0 spiro atoms. The lowest BCUT2D eigenvalue weighted by Crippen LogP contribution is -2.47. The monoisotopic (exact) mass is 396 g/mol. The average molecular weight is 397 g/mol. The number of ether oxygens (including phenoxy) is 4. The number of hydrogen-bond donors (Lipinski definition) is 0. The molecule has 4 rings (SSSR count). The molecule has 0 aromatic heterocycles. The maximum atomic E-state index is 6.19. The summed E-state index contributed by atoms with van der Waals surface area (Å²) in [6.45, 7) is 7.27. The van der Waals surface area contributed by atoms with Crippen molar-refractivity contribution < 1.29 is 18.9 Å². The van der Waals surface area contributed by atoms with Gasteiger partial charge in [-0.3, -0.25) is 0 Å². The van der Waals surface area contributed by atoms with Gasteiger partial charge in [0.15, 0.2) is 12.6 Å². The van der Waals surface area contributed by atoms with Crippen LogP contribution in [0.15, 0.2) is 60.7 Å². The molecule has 2 aromatic carbocycles. The van der Waals surface area contributed by atoms with E-state index in [2.05, 4.69) is 38.1 Å². The number of rotatable bonds is 6. The van der Waals surface area contributed by atoms with Crippen molar-refractivity contribution in [2.45, 2.75) is 45.7 Å². The lowest BCUT2D eigenvalue weighted by atomic mass is 9.69. The van der Waals surface area contributed by atoms with E-state index in [9.17, 15) is 0 Å². The van der Waals surface area contributed by atoms with Crippen molar-refractivity contribution in [3.63, 3.8) is 0 Å². The van der Waals surface area contributed by atoms with E-state index in [1.54, 1.807) is 0 Å². The molecule has 2 saturated heterocycles. The van der Waals surface area contributed by atoms with E-state index in [0.717, 1.165) is 30.4 Å². The molecule has 0 N–H and O–H groups in total. The summed E-state index contributed by atoms with van der Waals surface area (Å²) in [6.07, 6.45) is 2.47. The topological polar surface area (TPSA) is 36.9 Å². The van der Waals surface area contributed by atoms with Gasteiger partial charge >= 0.3 is 0 Å². The van der Waals surface area contributed by atoms with Gasteiger partial charge in [-0.25, -0.2) is 0 Å². The van der Waals surface area contributed by atoms with E-state index >= 15 is 0 Å². The maximum absolute atomic E-state index is 6.19. The zero-order valence-corrected chi connectivity index (χ0v) is 17.5. The van der Waals surface area contributed by atoms with Gasteiger partial charge < -0.3 is 18.9 Å². The third-order valence-corrected chi connectivity index (χ3v) is 6.56. The molecule has 0 saturated carbocycles. The molecule has 0 amide bonds. The Bertz CT molecular complexity index is 679. The van der Waals surface area contributed by atoms with Crippen LogP contribution in [0.2, 0.25) is 0 Å². The Labute approximate surface area is 174 Å². The van der Waals surface area contributed by atoms with E-state index in [1.807, 2.05) is 36.4 Å². The summed E-state index contributed by atoms with van der Waals surface area (Å²) >= 11 is 0. The maximum Gasteiger partial charge on any atom is 0.183 e. The summed E-state index contributed by atoms with van der Waals surface area (Å²) in [5, 5.41) is 0. The van der Waals surface area contributed by atoms with Crippen LogP contribution in [0, 0.1) is 10.8 Å². The van der Waals surface area contributed by atoms with Crippen LogP contribution in [0.3, 0.4) is 0 Å². The first-order chi connectivity index (χ1) is 14.2. The molecule has 2 aliphatic heterocycles. The molecule has 2 aromatic rings. The molecule has 2 heterocycles. The summed E-state index contributed by atoms with van der Waals surface area (Å²) in [7, 11) is 0. The predicted molar refractivity (Wildman–Crippen MR) is 112 cm³/mol. The van der Waals surface area contributed by atoms with E-state index in [-0.39, 0.29) is 23.4 Å². The van der Waals surface area contributed by atoms with E-state index < -0.39 is 0 Å². The standard InChI is InChI=1S/C25H32O4/c1-3-24(16-26-22(27-17-24)20-11-7-5-8-12-20)15-25(4-2)18-28-23(29-19-25)21-13-9-6-10-14-21/h5-14,22-23H,3-4,15-19H2,1-2H3. The molecule has 156 valence electrons. The van der Waals surface area contributed by atoms with Crippen LogP contribution in [0.4, 0.5) is 0 Å². The van der Waals surface area contributed by atoms with Crippen LogP contribution in [0.5, 0.6) is 0 Å². The average Bonchev–Trinajstić information content (AvgIpc) is 2.81. The molecule has 4 nitrogen and oxygen atoms in total. The predicted octanol–water partition coefficient (Wildman–Crippen LogP) is 5.66. The first kappa shape index (κ1) is 20.5. The largest absolute Gasteiger partial charge is 0.348 e. The summed E-state index contributed by atoms with van der Waals surface area (Å²) in [5.74, 6) is 0. The smallest absolute Gasteiger partial charge is 0.183 e. The highest BCUT2D eigenvalue weighted by Crippen LogP contribution is 2.46. The van der Waals surface area contributed by atoms with Gasteiger partial charge in [0, 0.05) is 22.0 Å². The van der Waals surface area contributed by atoms with Gasteiger partial charge in [0.25, 0.3) is 0 Å². The normalized spacial score (nSPS) is 32.8. The first-order valence-corrected chi connectivity index (χ1v) is 10.7. The Kier molecular flexibility index (Phi) is 6.35. The molecule has 2 aliphatic rings. The molecule has 0 aliphatic carbocycles. The molecular formula is C25H32O4. The highest BCUT2D eigenvalue weighted by Gasteiger charge is 2.45. The third-order valence-electron chi connectivity index (χ3n) is 6.56. The minimum absolute atomic E-state index is 0.00636. The van der Waals surface area contributed by atoms with Crippen LogP contribution >= 0.6 is 0 Å². The van der Waals surface area contributed by atoms with Gasteiger partial charge in [0.05, 0.1) is 26.4 Å². The molecular weight excluding hydrogens is 364 g/mol. The van der Waals surface area contributed by atoms with Gasteiger partial charge in [0.1, 0.15) is 0 Å². The van der Waals surface area contributed by atoms with Crippen LogP contribution < -0.4 is 0 Å². The molecule has 0 atom stereocenters. The Morgan fingerprint density at radius 2 is 0.966 bits per heavy atom. The van der Waals surface area contributed by atoms with Gasteiger partial charge in [0.2, 0.25) is 0 Å². The highest BCUT2D eigenvalue weighted by atomic mass is 16.7. The van der Waals surface area contributed by atoms with Crippen molar-refractivity contribution in [1.29, 1.82) is 0 Å². The van der Waals surface area contributed by atoms with Gasteiger partial charge in [-0.2, -0.15) is 0 Å². The highest BCUT2D eigenvalue weighted by molar-refractivity contribution is 5.17. The Hall–Kier alpha value is -1.72. The lowest BCUT2D eigenvalue weighted by molar-refractivity contribution is -0.269. The second-order valence-electron chi connectivity index (χ2n) is 8.61. The zero-order valence-electron chi connectivity index (χ0n) is 17.5. The lowest BCUT2D eigenvalue weighted by Gasteiger charge is -2.48.